The van der Waals surface area contributed by atoms with Gasteiger partial charge in [0.05, 0.1) is 6.54 Å². The van der Waals surface area contributed by atoms with E-state index in [0.717, 1.165) is 25.3 Å². The topological polar surface area (TPSA) is 50.4 Å². The zero-order valence-electron chi connectivity index (χ0n) is 12.8. The lowest BCUT2D eigenvalue weighted by atomic mass is 10.0. The summed E-state index contributed by atoms with van der Waals surface area (Å²) in [5.41, 5.74) is 0. The summed E-state index contributed by atoms with van der Waals surface area (Å²) < 4.78 is 5.71. The molecule has 0 radical (unpaired) electrons. The van der Waals surface area contributed by atoms with Crippen molar-refractivity contribution in [3.63, 3.8) is 0 Å². The van der Waals surface area contributed by atoms with E-state index in [0.29, 0.717) is 23.9 Å². The van der Waals surface area contributed by atoms with Crippen molar-refractivity contribution in [3.8, 4) is 5.75 Å². The summed E-state index contributed by atoms with van der Waals surface area (Å²) in [6.07, 6.45) is 2.68. The van der Waals surface area contributed by atoms with E-state index in [2.05, 4.69) is 10.6 Å². The van der Waals surface area contributed by atoms with E-state index in [9.17, 15) is 4.79 Å². The van der Waals surface area contributed by atoms with E-state index < -0.39 is 0 Å². The van der Waals surface area contributed by atoms with Crippen LogP contribution in [-0.2, 0) is 4.79 Å². The number of benzene rings is 1. The van der Waals surface area contributed by atoms with Crippen molar-refractivity contribution in [2.24, 2.45) is 5.92 Å². The molecule has 2 rings (SSSR count). The van der Waals surface area contributed by atoms with Crippen molar-refractivity contribution in [1.29, 1.82) is 0 Å². The van der Waals surface area contributed by atoms with Gasteiger partial charge < -0.3 is 15.4 Å². The molecule has 1 amide bonds. The Balaban J connectivity index is 0.00000242. The number of nitrogens with one attached hydrogen (secondary N) is 2. The molecule has 6 heteroatoms. The predicted molar refractivity (Wildman–Crippen MR) is 92.0 cm³/mol. The van der Waals surface area contributed by atoms with E-state index >= 15 is 0 Å². The first-order chi connectivity index (χ1) is 10.1. The number of carbonyl (C=O) groups is 1. The summed E-state index contributed by atoms with van der Waals surface area (Å²) in [7, 11) is 0. The predicted octanol–water partition coefficient (Wildman–Crippen LogP) is 3.04. The zero-order valence-corrected chi connectivity index (χ0v) is 14.4. The van der Waals surface area contributed by atoms with Gasteiger partial charge in [-0.1, -0.05) is 11.6 Å². The highest BCUT2D eigenvalue weighted by Crippen LogP contribution is 2.17. The van der Waals surface area contributed by atoms with Crippen molar-refractivity contribution in [3.05, 3.63) is 29.3 Å². The van der Waals surface area contributed by atoms with Crippen LogP contribution in [0.3, 0.4) is 0 Å². The van der Waals surface area contributed by atoms with Crippen LogP contribution in [0.15, 0.2) is 24.3 Å². The van der Waals surface area contributed by atoms with E-state index in [-0.39, 0.29) is 24.4 Å². The van der Waals surface area contributed by atoms with Gasteiger partial charge in [0.1, 0.15) is 11.9 Å². The Morgan fingerprint density at radius 2 is 2.18 bits per heavy atom. The molecule has 4 nitrogen and oxygen atoms in total. The van der Waals surface area contributed by atoms with Crippen LogP contribution in [0.25, 0.3) is 0 Å². The minimum Gasteiger partial charge on any atom is -0.489 e. The fourth-order valence-corrected chi connectivity index (χ4v) is 2.56. The number of halogens is 2. The van der Waals surface area contributed by atoms with Crippen molar-refractivity contribution in [2.75, 3.05) is 19.6 Å². The summed E-state index contributed by atoms with van der Waals surface area (Å²) in [6, 6.07) is 7.23. The normalized spacial score (nSPS) is 18.4. The van der Waals surface area contributed by atoms with Crippen molar-refractivity contribution >= 4 is 29.9 Å². The molecule has 1 heterocycles. The molecule has 1 aromatic rings. The number of ether oxygens (including phenoxy) is 1. The molecule has 1 aliphatic heterocycles. The van der Waals surface area contributed by atoms with Gasteiger partial charge in [-0.3, -0.25) is 4.79 Å². The molecule has 1 fully saturated rings. The molecule has 1 aromatic carbocycles. The van der Waals surface area contributed by atoms with Gasteiger partial charge in [0.15, 0.2) is 0 Å². The minimum atomic E-state index is -0.0664. The maximum Gasteiger partial charge on any atom is 0.220 e. The molecule has 0 aliphatic carbocycles. The maximum atomic E-state index is 11.8. The molecule has 2 N–H and O–H groups in total. The number of amides is 1. The number of carbonyl (C=O) groups excluding carboxylic acids is 1. The summed E-state index contributed by atoms with van der Waals surface area (Å²) in [4.78, 5) is 11.8. The van der Waals surface area contributed by atoms with Crippen LogP contribution >= 0.6 is 24.0 Å². The molecule has 124 valence electrons. The highest BCUT2D eigenvalue weighted by molar-refractivity contribution is 6.30. The van der Waals surface area contributed by atoms with Gasteiger partial charge in [-0.05, 0) is 63.0 Å². The van der Waals surface area contributed by atoms with Crippen molar-refractivity contribution in [2.45, 2.75) is 32.3 Å². The fourth-order valence-electron chi connectivity index (χ4n) is 2.43. The van der Waals surface area contributed by atoms with Crippen LogP contribution in [0.2, 0.25) is 5.02 Å². The molecule has 22 heavy (non-hydrogen) atoms. The Hall–Kier alpha value is -0.970. The summed E-state index contributed by atoms with van der Waals surface area (Å²) in [5, 5.41) is 6.93. The molecule has 0 saturated carbocycles. The molecule has 0 bridgehead atoms. The Bertz CT molecular complexity index is 448. The zero-order chi connectivity index (χ0) is 15.1. The highest BCUT2D eigenvalue weighted by Gasteiger charge is 2.15. The molecule has 0 aromatic heterocycles. The second kappa shape index (κ2) is 9.93. The fraction of sp³-hybridized carbons (Fsp3) is 0.562. The van der Waals surface area contributed by atoms with E-state index in [1.165, 1.54) is 6.42 Å². The molecule has 2 unspecified atom stereocenters. The first-order valence-corrected chi connectivity index (χ1v) is 7.91. The summed E-state index contributed by atoms with van der Waals surface area (Å²) >= 11 is 5.82. The van der Waals surface area contributed by atoms with Crippen molar-refractivity contribution < 1.29 is 9.53 Å². The van der Waals surface area contributed by atoms with Crippen LogP contribution in [-0.4, -0.2) is 31.6 Å². The Labute approximate surface area is 143 Å². The van der Waals surface area contributed by atoms with Gasteiger partial charge in [-0.25, -0.2) is 0 Å². The SMILES string of the molecule is CC(CNC(=O)CCC1CCNC1)Oc1ccc(Cl)cc1.Cl. The second-order valence-corrected chi connectivity index (χ2v) is 6.02. The quantitative estimate of drug-likeness (QED) is 0.797. The standard InChI is InChI=1S/C16H23ClN2O2.ClH/c1-12(21-15-5-3-14(17)4-6-15)10-19-16(20)7-2-13-8-9-18-11-13;/h3-6,12-13,18H,2,7-11H2,1H3,(H,19,20);1H. The second-order valence-electron chi connectivity index (χ2n) is 5.58. The smallest absolute Gasteiger partial charge is 0.220 e. The van der Waals surface area contributed by atoms with Gasteiger partial charge >= 0.3 is 0 Å². The van der Waals surface area contributed by atoms with Crippen LogP contribution < -0.4 is 15.4 Å². The monoisotopic (exact) mass is 346 g/mol. The van der Waals surface area contributed by atoms with Crippen LogP contribution in [0.5, 0.6) is 5.75 Å². The number of hydrogen-bond acceptors (Lipinski definition) is 3. The van der Waals surface area contributed by atoms with Gasteiger partial charge in [-0.15, -0.1) is 12.4 Å². The van der Waals surface area contributed by atoms with E-state index in [1.807, 2.05) is 19.1 Å². The van der Waals surface area contributed by atoms with Gasteiger partial charge in [0.25, 0.3) is 0 Å². The first-order valence-electron chi connectivity index (χ1n) is 7.53. The minimum absolute atomic E-state index is 0. The molecule has 1 aliphatic rings. The average Bonchev–Trinajstić information content (AvgIpc) is 2.99. The average molecular weight is 347 g/mol. The van der Waals surface area contributed by atoms with Gasteiger partial charge in [0.2, 0.25) is 5.91 Å². The van der Waals surface area contributed by atoms with Crippen LogP contribution in [0, 0.1) is 5.92 Å². The highest BCUT2D eigenvalue weighted by atomic mass is 35.5. The third-order valence-electron chi connectivity index (χ3n) is 3.68. The van der Waals surface area contributed by atoms with Crippen LogP contribution in [0.4, 0.5) is 0 Å². The van der Waals surface area contributed by atoms with Crippen LogP contribution in [0.1, 0.15) is 26.2 Å². The molecular weight excluding hydrogens is 323 g/mol. The number of rotatable bonds is 7. The molecule has 0 spiro atoms. The van der Waals surface area contributed by atoms with Crippen molar-refractivity contribution in [1.82, 2.24) is 10.6 Å². The molecular formula is C16H24Cl2N2O2. The summed E-state index contributed by atoms with van der Waals surface area (Å²) in [5.74, 6) is 1.52. The Morgan fingerprint density at radius 3 is 2.82 bits per heavy atom. The number of hydrogen-bond donors (Lipinski definition) is 2. The Morgan fingerprint density at radius 1 is 1.45 bits per heavy atom. The molecule has 2 atom stereocenters. The summed E-state index contributed by atoms with van der Waals surface area (Å²) in [6.45, 7) is 4.59. The lowest BCUT2D eigenvalue weighted by Gasteiger charge is -2.16. The Kier molecular flexibility index (Phi) is 8.61. The van der Waals surface area contributed by atoms with Gasteiger partial charge in [-0.2, -0.15) is 0 Å². The first kappa shape index (κ1) is 19.1. The van der Waals surface area contributed by atoms with E-state index in [4.69, 9.17) is 16.3 Å². The third kappa shape index (κ3) is 6.86. The molecule has 1 saturated heterocycles. The lowest BCUT2D eigenvalue weighted by Crippen LogP contribution is -2.33. The van der Waals surface area contributed by atoms with Gasteiger partial charge in [0, 0.05) is 11.4 Å². The maximum absolute atomic E-state index is 11.8. The lowest BCUT2D eigenvalue weighted by molar-refractivity contribution is -0.121. The third-order valence-corrected chi connectivity index (χ3v) is 3.93. The largest absolute Gasteiger partial charge is 0.489 e. The van der Waals surface area contributed by atoms with E-state index in [1.54, 1.807) is 12.1 Å².